The molecule has 13 heavy (non-hydrogen) atoms. The summed E-state index contributed by atoms with van der Waals surface area (Å²) in [6.07, 6.45) is 0. The SMILES string of the molecule is c1ccc(OCC2=NOCO2)cc1. The van der Waals surface area contributed by atoms with E-state index < -0.39 is 0 Å². The van der Waals surface area contributed by atoms with Crippen LogP contribution in [-0.4, -0.2) is 19.3 Å². The minimum absolute atomic E-state index is 0.188. The Balaban J connectivity index is 1.86. The predicted octanol–water partition coefficient (Wildman–Crippen LogP) is 1.38. The topological polar surface area (TPSA) is 40.0 Å². The summed E-state index contributed by atoms with van der Waals surface area (Å²) in [5.74, 6) is 1.27. The van der Waals surface area contributed by atoms with Crippen LogP contribution >= 0.6 is 0 Å². The molecule has 2 rings (SSSR count). The molecule has 0 spiro atoms. The highest BCUT2D eigenvalue weighted by Gasteiger charge is 2.08. The van der Waals surface area contributed by atoms with E-state index in [9.17, 15) is 0 Å². The van der Waals surface area contributed by atoms with Gasteiger partial charge in [-0.25, -0.2) is 0 Å². The van der Waals surface area contributed by atoms with Crippen LogP contribution in [0.3, 0.4) is 0 Å². The Morgan fingerprint density at radius 1 is 1.31 bits per heavy atom. The van der Waals surface area contributed by atoms with E-state index >= 15 is 0 Å². The first-order valence-electron chi connectivity index (χ1n) is 3.94. The van der Waals surface area contributed by atoms with E-state index in [0.717, 1.165) is 5.75 Å². The van der Waals surface area contributed by atoms with Crippen molar-refractivity contribution in [1.29, 1.82) is 0 Å². The summed E-state index contributed by atoms with van der Waals surface area (Å²) in [6.45, 7) is 0.498. The number of rotatable bonds is 3. The summed E-state index contributed by atoms with van der Waals surface area (Å²) in [4.78, 5) is 4.63. The number of benzene rings is 1. The van der Waals surface area contributed by atoms with Crippen molar-refractivity contribution in [3.8, 4) is 5.75 Å². The average molecular weight is 179 g/mol. The van der Waals surface area contributed by atoms with E-state index in [1.54, 1.807) is 0 Å². The summed E-state index contributed by atoms with van der Waals surface area (Å²) in [7, 11) is 0. The molecule has 0 radical (unpaired) electrons. The quantitative estimate of drug-likeness (QED) is 0.703. The molecule has 0 saturated carbocycles. The third-order valence-electron chi connectivity index (χ3n) is 1.55. The molecule has 1 aromatic carbocycles. The molecule has 0 N–H and O–H groups in total. The van der Waals surface area contributed by atoms with Gasteiger partial charge in [0.1, 0.15) is 5.75 Å². The van der Waals surface area contributed by atoms with Crippen LogP contribution < -0.4 is 4.74 Å². The minimum Gasteiger partial charge on any atom is -0.484 e. The predicted molar refractivity (Wildman–Crippen MR) is 46.4 cm³/mol. The minimum atomic E-state index is 0.188. The van der Waals surface area contributed by atoms with Crippen molar-refractivity contribution in [3.63, 3.8) is 0 Å². The van der Waals surface area contributed by atoms with Crippen molar-refractivity contribution >= 4 is 5.90 Å². The molecule has 1 aliphatic heterocycles. The number of hydrogen-bond acceptors (Lipinski definition) is 4. The number of para-hydroxylation sites is 1. The number of oxime groups is 1. The highest BCUT2D eigenvalue weighted by atomic mass is 16.8. The van der Waals surface area contributed by atoms with Crippen LogP contribution in [0.1, 0.15) is 0 Å². The van der Waals surface area contributed by atoms with Crippen molar-refractivity contribution in [2.24, 2.45) is 5.16 Å². The summed E-state index contributed by atoms with van der Waals surface area (Å²) >= 11 is 0. The smallest absolute Gasteiger partial charge is 0.267 e. The number of nitrogens with zero attached hydrogens (tertiary/aromatic N) is 1. The molecule has 0 saturated heterocycles. The standard InChI is InChI=1S/C9H9NO3/c1-2-4-8(5-3-1)11-6-9-10-13-7-12-9/h1-5H,6-7H2. The van der Waals surface area contributed by atoms with Crippen molar-refractivity contribution in [3.05, 3.63) is 30.3 Å². The van der Waals surface area contributed by atoms with Gasteiger partial charge in [-0.1, -0.05) is 18.2 Å². The normalized spacial score (nSPS) is 14.3. The maximum Gasteiger partial charge on any atom is 0.267 e. The highest BCUT2D eigenvalue weighted by molar-refractivity contribution is 5.77. The van der Waals surface area contributed by atoms with Gasteiger partial charge in [-0.15, -0.1) is 0 Å². The summed E-state index contributed by atoms with van der Waals surface area (Å²) in [5.41, 5.74) is 0. The van der Waals surface area contributed by atoms with Crippen LogP contribution in [0.15, 0.2) is 35.5 Å². The molecule has 0 bridgehead atoms. The van der Waals surface area contributed by atoms with Gasteiger partial charge in [-0.05, 0) is 17.3 Å². The fraction of sp³-hybridized carbons (Fsp3) is 0.222. The van der Waals surface area contributed by atoms with E-state index in [1.165, 1.54) is 0 Å². The Morgan fingerprint density at radius 3 is 2.85 bits per heavy atom. The van der Waals surface area contributed by atoms with Crippen LogP contribution in [0.25, 0.3) is 0 Å². The van der Waals surface area contributed by atoms with E-state index in [4.69, 9.17) is 9.47 Å². The molecule has 0 fully saturated rings. The average Bonchev–Trinajstić information content (AvgIpc) is 2.69. The molecule has 0 amide bonds. The van der Waals surface area contributed by atoms with Crippen molar-refractivity contribution in [1.82, 2.24) is 0 Å². The van der Waals surface area contributed by atoms with Gasteiger partial charge in [0.15, 0.2) is 6.61 Å². The fourth-order valence-corrected chi connectivity index (χ4v) is 0.949. The largest absolute Gasteiger partial charge is 0.484 e. The zero-order chi connectivity index (χ0) is 8.93. The first-order valence-corrected chi connectivity index (χ1v) is 3.94. The lowest BCUT2D eigenvalue weighted by molar-refractivity contribution is 0.0567. The second kappa shape index (κ2) is 3.80. The van der Waals surface area contributed by atoms with E-state index in [1.807, 2.05) is 30.3 Å². The molecule has 1 heterocycles. The maximum absolute atomic E-state index is 5.35. The van der Waals surface area contributed by atoms with E-state index in [-0.39, 0.29) is 6.79 Å². The Labute approximate surface area is 75.7 Å². The Morgan fingerprint density at radius 2 is 2.15 bits per heavy atom. The van der Waals surface area contributed by atoms with Gasteiger partial charge in [-0.3, -0.25) is 0 Å². The Kier molecular flexibility index (Phi) is 2.31. The van der Waals surface area contributed by atoms with E-state index in [0.29, 0.717) is 12.5 Å². The van der Waals surface area contributed by atoms with Crippen LogP contribution in [0.4, 0.5) is 0 Å². The van der Waals surface area contributed by atoms with Crippen molar-refractivity contribution < 1.29 is 14.3 Å². The lowest BCUT2D eigenvalue weighted by Crippen LogP contribution is -2.11. The van der Waals surface area contributed by atoms with Gasteiger partial charge in [0.25, 0.3) is 12.7 Å². The molecule has 0 aliphatic carbocycles. The molecule has 4 nitrogen and oxygen atoms in total. The summed E-state index contributed by atoms with van der Waals surface area (Å²) < 4.78 is 10.3. The van der Waals surface area contributed by atoms with Crippen LogP contribution in [-0.2, 0) is 9.57 Å². The monoisotopic (exact) mass is 179 g/mol. The van der Waals surface area contributed by atoms with Gasteiger partial charge in [0, 0.05) is 0 Å². The van der Waals surface area contributed by atoms with Gasteiger partial charge in [0.2, 0.25) is 0 Å². The fourth-order valence-electron chi connectivity index (χ4n) is 0.949. The molecule has 0 unspecified atom stereocenters. The third-order valence-corrected chi connectivity index (χ3v) is 1.55. The summed E-state index contributed by atoms with van der Waals surface area (Å²) in [6, 6.07) is 9.48. The highest BCUT2D eigenvalue weighted by Crippen LogP contribution is 2.08. The summed E-state index contributed by atoms with van der Waals surface area (Å²) in [5, 5.41) is 3.62. The third kappa shape index (κ3) is 2.11. The van der Waals surface area contributed by atoms with Gasteiger partial charge in [0.05, 0.1) is 0 Å². The second-order valence-electron chi connectivity index (χ2n) is 2.48. The molecular formula is C9H9NO3. The Bertz CT molecular complexity index is 297. The first-order chi connectivity index (χ1) is 6.45. The lowest BCUT2D eigenvalue weighted by atomic mass is 10.3. The molecular weight excluding hydrogens is 170 g/mol. The number of ether oxygens (including phenoxy) is 2. The molecule has 0 atom stereocenters. The molecule has 1 aromatic rings. The first kappa shape index (κ1) is 7.91. The van der Waals surface area contributed by atoms with Crippen LogP contribution in [0, 0.1) is 0 Å². The Hall–Kier alpha value is -1.71. The van der Waals surface area contributed by atoms with Gasteiger partial charge in [-0.2, -0.15) is 0 Å². The zero-order valence-corrected chi connectivity index (χ0v) is 6.97. The lowest BCUT2D eigenvalue weighted by Gasteiger charge is -2.03. The van der Waals surface area contributed by atoms with Gasteiger partial charge < -0.3 is 14.3 Å². The van der Waals surface area contributed by atoms with Crippen molar-refractivity contribution in [2.75, 3.05) is 13.4 Å². The van der Waals surface area contributed by atoms with Crippen molar-refractivity contribution in [2.45, 2.75) is 0 Å². The molecule has 68 valence electrons. The number of hydrogen-bond donors (Lipinski definition) is 0. The van der Waals surface area contributed by atoms with Crippen LogP contribution in [0.5, 0.6) is 5.75 Å². The van der Waals surface area contributed by atoms with E-state index in [2.05, 4.69) is 9.99 Å². The van der Waals surface area contributed by atoms with Crippen LogP contribution in [0.2, 0.25) is 0 Å². The zero-order valence-electron chi connectivity index (χ0n) is 6.97. The second-order valence-corrected chi connectivity index (χ2v) is 2.48. The molecule has 1 aliphatic rings. The molecule has 0 aromatic heterocycles. The van der Waals surface area contributed by atoms with Gasteiger partial charge >= 0.3 is 0 Å². The maximum atomic E-state index is 5.35. The molecule has 4 heteroatoms.